The van der Waals surface area contributed by atoms with E-state index in [2.05, 4.69) is 21.7 Å². The van der Waals surface area contributed by atoms with Crippen LogP contribution in [-0.4, -0.2) is 60.0 Å². The normalized spacial score (nSPS) is 14.8. The number of likely N-dealkylation sites (tertiary alicyclic amines) is 1. The molecule has 4 aromatic rings. The molecule has 1 aliphatic heterocycles. The Morgan fingerprint density at radius 1 is 1.05 bits per heavy atom. The number of H-pyrrole nitrogens is 1. The number of ketones is 1. The van der Waals surface area contributed by atoms with Crippen molar-refractivity contribution in [1.29, 1.82) is 5.26 Å². The number of aromatic amines is 1. The Balaban J connectivity index is 1.27. The van der Waals surface area contributed by atoms with Gasteiger partial charge < -0.3 is 15.6 Å². The van der Waals surface area contributed by atoms with Crippen LogP contribution in [0.5, 0.6) is 0 Å². The highest BCUT2D eigenvalue weighted by molar-refractivity contribution is 6.11. The summed E-state index contributed by atoms with van der Waals surface area (Å²) in [7, 11) is 0. The minimum absolute atomic E-state index is 0.126. The van der Waals surface area contributed by atoms with Crippen molar-refractivity contribution in [3.8, 4) is 6.07 Å². The van der Waals surface area contributed by atoms with Crippen LogP contribution in [0.1, 0.15) is 43.4 Å². The van der Waals surface area contributed by atoms with E-state index in [-0.39, 0.29) is 30.8 Å². The summed E-state index contributed by atoms with van der Waals surface area (Å²) in [4.78, 5) is 30.9. The van der Waals surface area contributed by atoms with Gasteiger partial charge in [0.05, 0.1) is 30.3 Å². The summed E-state index contributed by atoms with van der Waals surface area (Å²) >= 11 is 0. The van der Waals surface area contributed by atoms with Crippen molar-refractivity contribution in [2.24, 2.45) is 0 Å². The van der Waals surface area contributed by atoms with Gasteiger partial charge in [-0.3, -0.25) is 14.5 Å². The van der Waals surface area contributed by atoms with Crippen LogP contribution in [0, 0.1) is 11.3 Å². The molecule has 0 saturated carbocycles. The minimum atomic E-state index is -4.26. The number of carbonyl (C=O) groups excluding carboxylic acids is 2. The highest BCUT2D eigenvalue weighted by Gasteiger charge is 2.37. The third-order valence-corrected chi connectivity index (χ3v) is 7.14. The Hall–Kier alpha value is -4.46. The number of nitriles is 1. The molecule has 1 saturated heterocycles. The smallest absolute Gasteiger partial charge is 0.360 e. The van der Waals surface area contributed by atoms with Crippen LogP contribution in [0.2, 0.25) is 0 Å². The van der Waals surface area contributed by atoms with Crippen molar-refractivity contribution < 1.29 is 22.8 Å². The Bertz CT molecular complexity index is 1570. The van der Waals surface area contributed by atoms with Gasteiger partial charge in [-0.1, -0.05) is 48.5 Å². The molecule has 0 spiro atoms. The lowest BCUT2D eigenvalue weighted by Crippen LogP contribution is -2.60. The van der Waals surface area contributed by atoms with E-state index in [1.165, 1.54) is 4.90 Å². The fourth-order valence-electron chi connectivity index (χ4n) is 5.05. The Morgan fingerprint density at radius 3 is 2.46 bits per heavy atom. The molecule has 7 nitrogen and oxygen atoms in total. The van der Waals surface area contributed by atoms with E-state index in [0.717, 1.165) is 11.1 Å². The highest BCUT2D eigenvalue weighted by atomic mass is 19.4. The topological polar surface area (TPSA) is 101 Å². The van der Waals surface area contributed by atoms with Crippen molar-refractivity contribution in [2.75, 3.05) is 26.2 Å². The minimum Gasteiger partial charge on any atom is -0.360 e. The monoisotopic (exact) mass is 559 g/mol. The maximum atomic E-state index is 13.8. The van der Waals surface area contributed by atoms with Gasteiger partial charge in [-0.25, -0.2) is 0 Å². The Morgan fingerprint density at radius 2 is 1.78 bits per heavy atom. The summed E-state index contributed by atoms with van der Waals surface area (Å²) in [6.07, 6.45) is -1.96. The fraction of sp³-hybridized carbons (Fsp3) is 0.258. The van der Waals surface area contributed by atoms with E-state index in [9.17, 15) is 22.8 Å². The highest BCUT2D eigenvalue weighted by Crippen LogP contribution is 2.26. The van der Waals surface area contributed by atoms with Crippen LogP contribution in [0.3, 0.4) is 0 Å². The number of nitrogens with zero attached hydrogens (tertiary/aromatic N) is 2. The number of hydrogen-bond donors (Lipinski definition) is 3. The van der Waals surface area contributed by atoms with E-state index in [4.69, 9.17) is 5.26 Å². The standard InChI is InChI=1S/C31H28F3N5O2/c32-31(33,34)19-39-17-24(18-39)38-30(41)23-10-11-25-26(16-37-27(25)14-23)29(40)28(22-4-2-1-3-5-22)36-13-12-20-6-8-21(15-35)9-7-20/h1-11,14,16,24,28,36-37H,12-13,17-19H2,(H,38,41)/t28-/m0/s1. The first-order chi connectivity index (χ1) is 19.7. The average Bonchev–Trinajstić information content (AvgIpc) is 3.37. The van der Waals surface area contributed by atoms with Crippen molar-refractivity contribution in [3.63, 3.8) is 0 Å². The Labute approximate surface area is 235 Å². The number of nitrogens with one attached hydrogen (secondary N) is 3. The van der Waals surface area contributed by atoms with E-state index in [1.807, 2.05) is 42.5 Å². The van der Waals surface area contributed by atoms with Crippen LogP contribution in [-0.2, 0) is 6.42 Å². The molecule has 1 amide bonds. The Kier molecular flexibility index (Phi) is 8.19. The summed E-state index contributed by atoms with van der Waals surface area (Å²) in [6, 6.07) is 22.9. The van der Waals surface area contributed by atoms with Gasteiger partial charge in [-0.05, 0) is 41.8 Å². The number of benzene rings is 3. The molecule has 41 heavy (non-hydrogen) atoms. The summed E-state index contributed by atoms with van der Waals surface area (Å²) < 4.78 is 37.6. The van der Waals surface area contributed by atoms with E-state index < -0.39 is 18.8 Å². The predicted molar refractivity (Wildman–Crippen MR) is 148 cm³/mol. The molecule has 1 aromatic heterocycles. The summed E-state index contributed by atoms with van der Waals surface area (Å²) in [5.41, 5.74) is 3.90. The molecule has 0 aliphatic carbocycles. The molecule has 5 rings (SSSR count). The molecular weight excluding hydrogens is 531 g/mol. The van der Waals surface area contributed by atoms with Gasteiger partial charge >= 0.3 is 6.18 Å². The second kappa shape index (κ2) is 12.0. The van der Waals surface area contributed by atoms with Crippen LogP contribution in [0.4, 0.5) is 13.2 Å². The van der Waals surface area contributed by atoms with Crippen LogP contribution in [0.15, 0.2) is 79.0 Å². The maximum Gasteiger partial charge on any atom is 0.401 e. The number of fused-ring (bicyclic) bond motifs is 1. The van der Waals surface area contributed by atoms with Gasteiger partial charge in [0.15, 0.2) is 5.78 Å². The lowest BCUT2D eigenvalue weighted by atomic mass is 9.96. The molecule has 1 fully saturated rings. The zero-order chi connectivity index (χ0) is 29.0. The molecule has 0 unspecified atom stereocenters. The maximum absolute atomic E-state index is 13.8. The molecule has 0 bridgehead atoms. The number of Topliss-reactive ketones (excluding diaryl/α,β-unsaturated/α-hetero) is 1. The molecule has 210 valence electrons. The lowest BCUT2D eigenvalue weighted by molar-refractivity contribution is -0.155. The predicted octanol–water partition coefficient (Wildman–Crippen LogP) is 4.77. The summed E-state index contributed by atoms with van der Waals surface area (Å²) in [5, 5.41) is 15.8. The van der Waals surface area contributed by atoms with Gasteiger partial charge in [0.25, 0.3) is 5.91 Å². The second-order valence-corrected chi connectivity index (χ2v) is 10.2. The van der Waals surface area contributed by atoms with Crippen LogP contribution in [0.25, 0.3) is 10.9 Å². The SMILES string of the molecule is N#Cc1ccc(CCN[C@H](C(=O)c2c[nH]c3cc(C(=O)NC4CN(CC(F)(F)F)C4)ccc23)c2ccccc2)cc1. The second-order valence-electron chi connectivity index (χ2n) is 10.2. The molecule has 10 heteroatoms. The zero-order valence-corrected chi connectivity index (χ0v) is 22.0. The van der Waals surface area contributed by atoms with Crippen molar-refractivity contribution in [3.05, 3.63) is 107 Å². The first-order valence-corrected chi connectivity index (χ1v) is 13.2. The zero-order valence-electron chi connectivity index (χ0n) is 22.0. The number of halogens is 3. The number of rotatable bonds is 10. The first-order valence-electron chi connectivity index (χ1n) is 13.2. The number of alkyl halides is 3. The van der Waals surface area contributed by atoms with Crippen molar-refractivity contribution in [1.82, 2.24) is 20.5 Å². The van der Waals surface area contributed by atoms with Crippen LogP contribution >= 0.6 is 0 Å². The number of aromatic nitrogens is 1. The van der Waals surface area contributed by atoms with Crippen LogP contribution < -0.4 is 10.6 Å². The van der Waals surface area contributed by atoms with Gasteiger partial charge in [0.1, 0.15) is 0 Å². The summed E-state index contributed by atoms with van der Waals surface area (Å²) in [5.74, 6) is -0.503. The van der Waals surface area contributed by atoms with E-state index >= 15 is 0 Å². The van der Waals surface area contributed by atoms with Gasteiger partial charge in [0, 0.05) is 47.9 Å². The number of amides is 1. The quantitative estimate of drug-likeness (QED) is 0.243. The molecule has 1 aliphatic rings. The number of hydrogen-bond acceptors (Lipinski definition) is 5. The van der Waals surface area contributed by atoms with E-state index in [1.54, 1.807) is 36.5 Å². The molecule has 3 N–H and O–H groups in total. The van der Waals surface area contributed by atoms with Gasteiger partial charge in [-0.15, -0.1) is 0 Å². The fourth-order valence-corrected chi connectivity index (χ4v) is 5.05. The van der Waals surface area contributed by atoms with Crippen molar-refractivity contribution >= 4 is 22.6 Å². The van der Waals surface area contributed by atoms with Crippen molar-refractivity contribution in [2.45, 2.75) is 24.7 Å². The molecule has 2 heterocycles. The molecule has 3 aromatic carbocycles. The largest absolute Gasteiger partial charge is 0.401 e. The molecule has 1 atom stereocenters. The molecular formula is C31H28F3N5O2. The van der Waals surface area contributed by atoms with Gasteiger partial charge in [-0.2, -0.15) is 18.4 Å². The average molecular weight is 560 g/mol. The summed E-state index contributed by atoms with van der Waals surface area (Å²) in [6.45, 7) is -0.161. The van der Waals surface area contributed by atoms with Gasteiger partial charge in [0.2, 0.25) is 0 Å². The first kappa shape index (κ1) is 28.1. The third-order valence-electron chi connectivity index (χ3n) is 7.14. The third kappa shape index (κ3) is 6.82. The molecule has 0 radical (unpaired) electrons. The van der Waals surface area contributed by atoms with E-state index in [0.29, 0.717) is 40.6 Å². The lowest BCUT2D eigenvalue weighted by Gasteiger charge is -2.39. The number of carbonyl (C=O) groups is 2.